The lowest BCUT2D eigenvalue weighted by Gasteiger charge is -1.99. The van der Waals surface area contributed by atoms with Crippen molar-refractivity contribution in [2.75, 3.05) is 0 Å². The van der Waals surface area contributed by atoms with E-state index in [1.54, 1.807) is 0 Å². The standard InChI is InChI=1S/C9H14ClNO/c10-8-6-4-2-1-3-5-7-9(8)11-12/h6,12H,1-5,7H2. The molecule has 1 rings (SSSR count). The quantitative estimate of drug-likeness (QED) is 0.458. The summed E-state index contributed by atoms with van der Waals surface area (Å²) in [6, 6.07) is 0. The van der Waals surface area contributed by atoms with Crippen LogP contribution in [0.25, 0.3) is 0 Å². The molecule has 1 aliphatic rings. The third-order valence-corrected chi connectivity index (χ3v) is 2.46. The molecule has 0 aromatic carbocycles. The number of allylic oxidation sites excluding steroid dienone is 2. The van der Waals surface area contributed by atoms with Crippen LogP contribution in [0, 0.1) is 0 Å². The molecule has 1 aliphatic carbocycles. The molecule has 0 saturated heterocycles. The number of oxime groups is 1. The smallest absolute Gasteiger partial charge is 0.0978 e. The summed E-state index contributed by atoms with van der Waals surface area (Å²) in [5.41, 5.74) is 0.638. The fourth-order valence-electron chi connectivity index (χ4n) is 1.35. The minimum absolute atomic E-state index is 0.624. The second-order valence-electron chi connectivity index (χ2n) is 3.05. The molecule has 0 radical (unpaired) electrons. The fraction of sp³-hybridized carbons (Fsp3) is 0.667. The van der Waals surface area contributed by atoms with Gasteiger partial charge in [0.15, 0.2) is 0 Å². The van der Waals surface area contributed by atoms with Crippen LogP contribution in [0.5, 0.6) is 0 Å². The van der Waals surface area contributed by atoms with E-state index in [1.165, 1.54) is 19.3 Å². The molecule has 12 heavy (non-hydrogen) atoms. The summed E-state index contributed by atoms with van der Waals surface area (Å²) in [4.78, 5) is 0. The number of hydrogen-bond donors (Lipinski definition) is 1. The van der Waals surface area contributed by atoms with E-state index in [2.05, 4.69) is 5.16 Å². The molecule has 0 unspecified atom stereocenters. The second kappa shape index (κ2) is 5.20. The summed E-state index contributed by atoms with van der Waals surface area (Å²) in [7, 11) is 0. The zero-order valence-electron chi connectivity index (χ0n) is 7.09. The molecule has 0 aromatic heterocycles. The van der Waals surface area contributed by atoms with Gasteiger partial charge in [0.2, 0.25) is 0 Å². The van der Waals surface area contributed by atoms with Crippen LogP contribution in [-0.2, 0) is 0 Å². The number of nitrogens with zero attached hydrogens (tertiary/aromatic N) is 1. The van der Waals surface area contributed by atoms with Crippen LogP contribution < -0.4 is 0 Å². The average Bonchev–Trinajstić information content (AvgIpc) is 2.17. The third-order valence-electron chi connectivity index (χ3n) is 2.09. The van der Waals surface area contributed by atoms with Crippen LogP contribution in [0.2, 0.25) is 0 Å². The van der Waals surface area contributed by atoms with Crippen molar-refractivity contribution in [2.45, 2.75) is 38.5 Å². The first-order valence-electron chi connectivity index (χ1n) is 4.41. The van der Waals surface area contributed by atoms with E-state index < -0.39 is 0 Å². The highest BCUT2D eigenvalue weighted by molar-refractivity contribution is 6.43. The molecule has 68 valence electrons. The van der Waals surface area contributed by atoms with Gasteiger partial charge in [-0.3, -0.25) is 0 Å². The number of halogens is 1. The molecule has 3 heteroatoms. The summed E-state index contributed by atoms with van der Waals surface area (Å²) in [5.74, 6) is 0. The van der Waals surface area contributed by atoms with Crippen LogP contribution in [0.1, 0.15) is 38.5 Å². The highest BCUT2D eigenvalue weighted by atomic mass is 35.5. The number of hydrogen-bond acceptors (Lipinski definition) is 2. The van der Waals surface area contributed by atoms with Gasteiger partial charge in [-0.15, -0.1) is 0 Å². The van der Waals surface area contributed by atoms with Gasteiger partial charge in [-0.1, -0.05) is 35.7 Å². The molecule has 0 fully saturated rings. The molecule has 0 spiro atoms. The van der Waals surface area contributed by atoms with Crippen molar-refractivity contribution in [1.29, 1.82) is 0 Å². The number of rotatable bonds is 0. The van der Waals surface area contributed by atoms with Crippen LogP contribution in [0.4, 0.5) is 0 Å². The van der Waals surface area contributed by atoms with Gasteiger partial charge in [0, 0.05) is 0 Å². The summed E-state index contributed by atoms with van der Waals surface area (Å²) in [6.07, 6.45) is 8.46. The normalized spacial score (nSPS) is 24.1. The van der Waals surface area contributed by atoms with Crippen molar-refractivity contribution >= 4 is 17.3 Å². The van der Waals surface area contributed by atoms with Gasteiger partial charge in [0.1, 0.15) is 0 Å². The maximum absolute atomic E-state index is 8.63. The topological polar surface area (TPSA) is 32.6 Å². The molecule has 0 saturated carbocycles. The van der Waals surface area contributed by atoms with E-state index >= 15 is 0 Å². The minimum atomic E-state index is 0.624. The third kappa shape index (κ3) is 2.86. The van der Waals surface area contributed by atoms with E-state index in [4.69, 9.17) is 16.8 Å². The van der Waals surface area contributed by atoms with Gasteiger partial charge >= 0.3 is 0 Å². The maximum Gasteiger partial charge on any atom is 0.0978 e. The molecular weight excluding hydrogens is 174 g/mol. The van der Waals surface area contributed by atoms with Crippen LogP contribution >= 0.6 is 11.6 Å². The van der Waals surface area contributed by atoms with Gasteiger partial charge in [0.25, 0.3) is 0 Å². The first kappa shape index (κ1) is 9.59. The lowest BCUT2D eigenvalue weighted by Crippen LogP contribution is -1.97. The Hall–Kier alpha value is -0.500. The van der Waals surface area contributed by atoms with Crippen LogP contribution in [0.3, 0.4) is 0 Å². The molecule has 0 heterocycles. The van der Waals surface area contributed by atoms with Crippen molar-refractivity contribution in [3.8, 4) is 0 Å². The Morgan fingerprint density at radius 1 is 1.25 bits per heavy atom. The molecule has 0 atom stereocenters. The van der Waals surface area contributed by atoms with E-state index in [-0.39, 0.29) is 0 Å². The first-order valence-corrected chi connectivity index (χ1v) is 4.79. The predicted molar refractivity (Wildman–Crippen MR) is 50.9 cm³/mol. The Labute approximate surface area is 77.9 Å². The average molecular weight is 188 g/mol. The van der Waals surface area contributed by atoms with E-state index in [0.717, 1.165) is 19.3 Å². The SMILES string of the molecule is ON=C1CCCCCCC=C1Cl. The minimum Gasteiger partial charge on any atom is -0.411 e. The lowest BCUT2D eigenvalue weighted by molar-refractivity contribution is 0.318. The molecule has 0 amide bonds. The second-order valence-corrected chi connectivity index (χ2v) is 3.46. The largest absolute Gasteiger partial charge is 0.411 e. The Morgan fingerprint density at radius 2 is 2.00 bits per heavy atom. The predicted octanol–water partition coefficient (Wildman–Crippen LogP) is 3.29. The van der Waals surface area contributed by atoms with Crippen LogP contribution in [-0.4, -0.2) is 10.9 Å². The Bertz CT molecular complexity index is 199. The van der Waals surface area contributed by atoms with Crippen molar-refractivity contribution in [3.63, 3.8) is 0 Å². The molecule has 0 bridgehead atoms. The van der Waals surface area contributed by atoms with Crippen molar-refractivity contribution in [1.82, 2.24) is 0 Å². The molecular formula is C9H14ClNO. The van der Waals surface area contributed by atoms with Gasteiger partial charge < -0.3 is 5.21 Å². The van der Waals surface area contributed by atoms with Gasteiger partial charge in [-0.25, -0.2) is 0 Å². The van der Waals surface area contributed by atoms with Gasteiger partial charge in [-0.2, -0.15) is 0 Å². The van der Waals surface area contributed by atoms with E-state index in [1.807, 2.05) is 6.08 Å². The van der Waals surface area contributed by atoms with Gasteiger partial charge in [-0.05, 0) is 25.7 Å². The first-order chi connectivity index (χ1) is 5.84. The Morgan fingerprint density at radius 3 is 2.75 bits per heavy atom. The summed E-state index contributed by atoms with van der Waals surface area (Å²) in [6.45, 7) is 0. The molecule has 2 nitrogen and oxygen atoms in total. The van der Waals surface area contributed by atoms with Crippen LogP contribution in [0.15, 0.2) is 16.3 Å². The van der Waals surface area contributed by atoms with Crippen molar-refractivity contribution in [3.05, 3.63) is 11.1 Å². The maximum atomic E-state index is 8.63. The van der Waals surface area contributed by atoms with E-state index in [0.29, 0.717) is 10.7 Å². The van der Waals surface area contributed by atoms with Gasteiger partial charge in [0.05, 0.1) is 10.7 Å². The lowest BCUT2D eigenvalue weighted by atomic mass is 10.1. The summed E-state index contributed by atoms with van der Waals surface area (Å²) in [5, 5.41) is 12.4. The zero-order chi connectivity index (χ0) is 8.81. The molecule has 0 aromatic rings. The monoisotopic (exact) mass is 187 g/mol. The summed E-state index contributed by atoms with van der Waals surface area (Å²) < 4.78 is 0. The van der Waals surface area contributed by atoms with Crippen molar-refractivity contribution in [2.24, 2.45) is 5.16 Å². The van der Waals surface area contributed by atoms with E-state index in [9.17, 15) is 0 Å². The fourth-order valence-corrected chi connectivity index (χ4v) is 1.60. The Kier molecular flexibility index (Phi) is 4.15. The highest BCUT2D eigenvalue weighted by Gasteiger charge is 2.06. The van der Waals surface area contributed by atoms with Crippen molar-refractivity contribution < 1.29 is 5.21 Å². The zero-order valence-corrected chi connectivity index (χ0v) is 7.85. The highest BCUT2D eigenvalue weighted by Crippen LogP contribution is 2.17. The Balaban J connectivity index is 2.62. The summed E-state index contributed by atoms with van der Waals surface area (Å²) >= 11 is 5.90. The molecule has 1 N–H and O–H groups in total. The molecule has 0 aliphatic heterocycles.